The number of halogens is 1. The third-order valence-electron chi connectivity index (χ3n) is 2.60. The monoisotopic (exact) mass is 267 g/mol. The average Bonchev–Trinajstić information content (AvgIpc) is 2.64. The van der Waals surface area contributed by atoms with Crippen LogP contribution >= 0.6 is 11.6 Å². The Morgan fingerprint density at radius 2 is 2.39 bits per heavy atom. The molecule has 0 atom stereocenters. The van der Waals surface area contributed by atoms with Crippen LogP contribution in [0.5, 0.6) is 0 Å². The minimum absolute atomic E-state index is 0.0576. The maximum atomic E-state index is 12.0. The van der Waals surface area contributed by atoms with E-state index in [-0.39, 0.29) is 12.5 Å². The van der Waals surface area contributed by atoms with E-state index in [4.69, 9.17) is 16.7 Å². The van der Waals surface area contributed by atoms with Crippen molar-refractivity contribution in [3.63, 3.8) is 0 Å². The molecule has 2 heterocycles. The van der Waals surface area contributed by atoms with Gasteiger partial charge in [0, 0.05) is 30.4 Å². The number of carbonyl (C=O) groups is 1. The fourth-order valence-corrected chi connectivity index (χ4v) is 1.93. The van der Waals surface area contributed by atoms with Crippen LogP contribution in [0.1, 0.15) is 22.6 Å². The van der Waals surface area contributed by atoms with E-state index in [0.717, 1.165) is 0 Å². The van der Waals surface area contributed by atoms with E-state index in [9.17, 15) is 4.79 Å². The number of imidazole rings is 1. The zero-order valence-electron chi connectivity index (χ0n) is 9.98. The SMILES string of the molecule is Cc1nc2cc(Cl)ccn2c1C(=O)NCCCO. The fraction of sp³-hybridized carbons (Fsp3) is 0.333. The Morgan fingerprint density at radius 3 is 3.11 bits per heavy atom. The molecule has 0 aliphatic heterocycles. The number of hydrogen-bond donors (Lipinski definition) is 2. The van der Waals surface area contributed by atoms with E-state index in [1.807, 2.05) is 0 Å². The molecule has 0 saturated heterocycles. The molecule has 6 heteroatoms. The zero-order chi connectivity index (χ0) is 13.1. The summed E-state index contributed by atoms with van der Waals surface area (Å²) in [6.45, 7) is 2.28. The van der Waals surface area contributed by atoms with Crippen LogP contribution in [0, 0.1) is 6.92 Å². The molecule has 0 radical (unpaired) electrons. The molecule has 0 bridgehead atoms. The van der Waals surface area contributed by atoms with Gasteiger partial charge < -0.3 is 10.4 Å². The predicted octanol–water partition coefficient (Wildman–Crippen LogP) is 1.41. The Hall–Kier alpha value is -1.59. The van der Waals surface area contributed by atoms with E-state index >= 15 is 0 Å². The second-order valence-electron chi connectivity index (χ2n) is 3.95. The average molecular weight is 268 g/mol. The minimum Gasteiger partial charge on any atom is -0.396 e. The van der Waals surface area contributed by atoms with Crippen LogP contribution in [0.2, 0.25) is 5.02 Å². The number of nitrogens with one attached hydrogen (secondary N) is 1. The Labute approximate surface area is 109 Å². The van der Waals surface area contributed by atoms with Gasteiger partial charge in [0.05, 0.1) is 5.69 Å². The van der Waals surface area contributed by atoms with Gasteiger partial charge in [-0.1, -0.05) is 11.6 Å². The van der Waals surface area contributed by atoms with Gasteiger partial charge in [0.1, 0.15) is 11.3 Å². The van der Waals surface area contributed by atoms with Crippen molar-refractivity contribution in [1.29, 1.82) is 0 Å². The summed E-state index contributed by atoms with van der Waals surface area (Å²) < 4.78 is 1.70. The van der Waals surface area contributed by atoms with Crippen LogP contribution in [0.25, 0.3) is 5.65 Å². The van der Waals surface area contributed by atoms with Gasteiger partial charge in [0.15, 0.2) is 0 Å². The number of hydrogen-bond acceptors (Lipinski definition) is 3. The van der Waals surface area contributed by atoms with Gasteiger partial charge in [-0.05, 0) is 19.4 Å². The van der Waals surface area contributed by atoms with Crippen LogP contribution in [0.3, 0.4) is 0 Å². The summed E-state index contributed by atoms with van der Waals surface area (Å²) in [6, 6.07) is 3.42. The molecule has 2 N–H and O–H groups in total. The summed E-state index contributed by atoms with van der Waals surface area (Å²) in [7, 11) is 0. The quantitative estimate of drug-likeness (QED) is 0.823. The van der Waals surface area contributed by atoms with E-state index in [1.165, 1.54) is 0 Å². The number of aliphatic hydroxyl groups is 1. The molecule has 0 saturated carbocycles. The normalized spacial score (nSPS) is 10.8. The van der Waals surface area contributed by atoms with Crippen molar-refractivity contribution in [3.05, 3.63) is 34.7 Å². The highest BCUT2D eigenvalue weighted by molar-refractivity contribution is 6.30. The van der Waals surface area contributed by atoms with Crippen LogP contribution in [0.4, 0.5) is 0 Å². The topological polar surface area (TPSA) is 66.6 Å². The lowest BCUT2D eigenvalue weighted by Gasteiger charge is -2.05. The molecule has 18 heavy (non-hydrogen) atoms. The maximum Gasteiger partial charge on any atom is 0.270 e. The smallest absolute Gasteiger partial charge is 0.270 e. The molecule has 0 unspecified atom stereocenters. The highest BCUT2D eigenvalue weighted by Crippen LogP contribution is 2.16. The fourth-order valence-electron chi connectivity index (χ4n) is 1.78. The van der Waals surface area contributed by atoms with Gasteiger partial charge in [-0.25, -0.2) is 4.98 Å². The number of nitrogens with zero attached hydrogens (tertiary/aromatic N) is 2. The lowest BCUT2D eigenvalue weighted by atomic mass is 10.3. The summed E-state index contributed by atoms with van der Waals surface area (Å²) in [5.41, 5.74) is 1.80. The van der Waals surface area contributed by atoms with E-state index < -0.39 is 0 Å². The van der Waals surface area contributed by atoms with Gasteiger partial charge in [-0.3, -0.25) is 9.20 Å². The largest absolute Gasteiger partial charge is 0.396 e. The van der Waals surface area contributed by atoms with Crippen LogP contribution in [-0.4, -0.2) is 33.6 Å². The molecule has 0 aliphatic carbocycles. The van der Waals surface area contributed by atoms with Gasteiger partial charge in [-0.2, -0.15) is 0 Å². The molecule has 1 amide bonds. The first-order valence-corrected chi connectivity index (χ1v) is 6.04. The number of rotatable bonds is 4. The van der Waals surface area contributed by atoms with Gasteiger partial charge in [-0.15, -0.1) is 0 Å². The number of aryl methyl sites for hydroxylation is 1. The molecule has 5 nitrogen and oxygen atoms in total. The lowest BCUT2D eigenvalue weighted by molar-refractivity contribution is 0.0944. The molecule has 96 valence electrons. The van der Waals surface area contributed by atoms with Gasteiger partial charge >= 0.3 is 0 Å². The van der Waals surface area contributed by atoms with Crippen molar-refractivity contribution >= 4 is 23.2 Å². The third kappa shape index (κ3) is 2.47. The van der Waals surface area contributed by atoms with Gasteiger partial charge in [0.2, 0.25) is 0 Å². The zero-order valence-corrected chi connectivity index (χ0v) is 10.7. The summed E-state index contributed by atoms with van der Waals surface area (Å²) in [5, 5.41) is 12.0. The summed E-state index contributed by atoms with van der Waals surface area (Å²) >= 11 is 5.88. The molecule has 2 rings (SSSR count). The Kier molecular flexibility index (Phi) is 3.84. The molecule has 0 aromatic carbocycles. The summed E-state index contributed by atoms with van der Waals surface area (Å²) in [6.07, 6.45) is 2.26. The molecular formula is C12H14ClN3O2. The van der Waals surface area contributed by atoms with Crippen LogP contribution in [0.15, 0.2) is 18.3 Å². The number of fused-ring (bicyclic) bond motifs is 1. The Morgan fingerprint density at radius 1 is 1.61 bits per heavy atom. The van der Waals surface area contributed by atoms with Crippen molar-refractivity contribution < 1.29 is 9.90 Å². The first-order chi connectivity index (χ1) is 8.63. The van der Waals surface area contributed by atoms with Gasteiger partial charge in [0.25, 0.3) is 5.91 Å². The number of aliphatic hydroxyl groups excluding tert-OH is 1. The standard InChI is InChI=1S/C12H14ClN3O2/c1-8-11(12(18)14-4-2-6-17)16-5-3-9(13)7-10(16)15-8/h3,5,7,17H,2,4,6H2,1H3,(H,14,18). The summed E-state index contributed by atoms with van der Waals surface area (Å²) in [4.78, 5) is 16.3. The highest BCUT2D eigenvalue weighted by Gasteiger charge is 2.15. The molecule has 0 fully saturated rings. The van der Waals surface area contributed by atoms with Crippen LogP contribution in [-0.2, 0) is 0 Å². The Bertz CT molecular complexity index is 580. The molecule has 0 spiro atoms. The highest BCUT2D eigenvalue weighted by atomic mass is 35.5. The van der Waals surface area contributed by atoms with E-state index in [0.29, 0.717) is 35.0 Å². The first kappa shape index (κ1) is 12.9. The van der Waals surface area contributed by atoms with Crippen molar-refractivity contribution in [2.75, 3.05) is 13.2 Å². The Balaban J connectivity index is 2.32. The lowest BCUT2D eigenvalue weighted by Crippen LogP contribution is -2.26. The number of pyridine rings is 1. The van der Waals surface area contributed by atoms with Crippen molar-refractivity contribution in [2.45, 2.75) is 13.3 Å². The number of aromatic nitrogens is 2. The predicted molar refractivity (Wildman–Crippen MR) is 69.0 cm³/mol. The van der Waals surface area contributed by atoms with Crippen molar-refractivity contribution in [3.8, 4) is 0 Å². The first-order valence-electron chi connectivity index (χ1n) is 5.66. The molecule has 0 aliphatic rings. The number of carbonyl (C=O) groups excluding carboxylic acids is 1. The second-order valence-corrected chi connectivity index (χ2v) is 4.39. The molecule has 2 aromatic rings. The summed E-state index contributed by atoms with van der Waals surface area (Å²) in [5.74, 6) is -0.198. The molecular weight excluding hydrogens is 254 g/mol. The van der Waals surface area contributed by atoms with E-state index in [1.54, 1.807) is 29.7 Å². The maximum absolute atomic E-state index is 12.0. The van der Waals surface area contributed by atoms with Crippen molar-refractivity contribution in [1.82, 2.24) is 14.7 Å². The van der Waals surface area contributed by atoms with Crippen molar-refractivity contribution in [2.24, 2.45) is 0 Å². The third-order valence-corrected chi connectivity index (χ3v) is 2.83. The van der Waals surface area contributed by atoms with E-state index in [2.05, 4.69) is 10.3 Å². The molecule has 2 aromatic heterocycles. The number of amides is 1. The van der Waals surface area contributed by atoms with Crippen LogP contribution < -0.4 is 5.32 Å². The minimum atomic E-state index is -0.198. The second kappa shape index (κ2) is 5.37.